The topological polar surface area (TPSA) is 104 Å². The molecule has 0 saturated carbocycles. The Morgan fingerprint density at radius 1 is 0.796 bits per heavy atom. The molecule has 1 atom stereocenters. The number of hydrogen-bond donors (Lipinski definition) is 0. The molecule has 1 aromatic heterocycles. The van der Waals surface area contributed by atoms with Crippen LogP contribution in [0.2, 0.25) is 5.02 Å². The van der Waals surface area contributed by atoms with Gasteiger partial charge in [-0.3, -0.25) is 0 Å². The van der Waals surface area contributed by atoms with Crippen LogP contribution in [0, 0.1) is 11.8 Å². The molecular weight excluding hydrogens is 702 g/mol. The number of halogens is 1. The molecule has 0 spiro atoms. The third kappa shape index (κ3) is 12.8. The lowest BCUT2D eigenvalue weighted by Crippen LogP contribution is -2.42. The first-order chi connectivity index (χ1) is 25.7. The average Bonchev–Trinajstić information content (AvgIpc) is 3.51. The number of aromatic nitrogens is 2. The first kappa shape index (κ1) is 42.1. The van der Waals surface area contributed by atoms with E-state index in [4.69, 9.17) is 30.8 Å². The average molecular weight is 768 g/mol. The van der Waals surface area contributed by atoms with Crippen molar-refractivity contribution in [3.8, 4) is 11.5 Å². The summed E-state index contributed by atoms with van der Waals surface area (Å²) in [7, 11) is 0. The number of piperidine rings is 3. The number of aryl methyl sites for hydroxylation is 1. The molecule has 2 aromatic carbocycles. The molecule has 0 bridgehead atoms. The van der Waals surface area contributed by atoms with Gasteiger partial charge in [0, 0.05) is 24.7 Å². The Hall–Kier alpha value is -3.05. The molecule has 3 aliphatic rings. The number of carbonyl (C=O) groups excluding carboxylic acids is 1. The van der Waals surface area contributed by atoms with E-state index in [-0.39, 0.29) is 11.6 Å². The number of imidazole rings is 1. The summed E-state index contributed by atoms with van der Waals surface area (Å²) in [6, 6.07) is 13.7. The second-order valence-electron chi connectivity index (χ2n) is 16.7. The molecule has 4 heterocycles. The number of fused-ring (bicyclic) bond motifs is 1. The molecule has 3 aromatic rings. The Kier molecular flexibility index (Phi) is 16.2. The van der Waals surface area contributed by atoms with Gasteiger partial charge in [0.1, 0.15) is 35.0 Å². The Balaban J connectivity index is 0.00000561. The van der Waals surface area contributed by atoms with Gasteiger partial charge in [-0.2, -0.15) is 0 Å². The van der Waals surface area contributed by atoms with Crippen LogP contribution < -0.4 is 9.47 Å². The highest BCUT2D eigenvalue weighted by Crippen LogP contribution is 2.31. The van der Waals surface area contributed by atoms with Crippen molar-refractivity contribution in [2.75, 3.05) is 59.0 Å². The molecule has 3 aliphatic heterocycles. The van der Waals surface area contributed by atoms with E-state index < -0.39 is 5.60 Å². The predicted octanol–water partition coefficient (Wildman–Crippen LogP) is 8.62. The van der Waals surface area contributed by atoms with Crippen LogP contribution in [0.4, 0.5) is 4.79 Å². The van der Waals surface area contributed by atoms with Gasteiger partial charge in [0.25, 0.3) is 0 Å². The molecule has 0 radical (unpaired) electrons. The summed E-state index contributed by atoms with van der Waals surface area (Å²) in [6.45, 7) is 16.8. The van der Waals surface area contributed by atoms with Gasteiger partial charge in [-0.25, -0.2) is 9.78 Å². The highest BCUT2D eigenvalue weighted by molar-refractivity contribution is 6.30. The van der Waals surface area contributed by atoms with E-state index in [0.717, 1.165) is 86.0 Å². The Bertz CT molecular complexity index is 1560. The highest BCUT2D eigenvalue weighted by atomic mass is 35.5. The largest absolute Gasteiger partial charge is 0.491 e. The van der Waals surface area contributed by atoms with Crippen molar-refractivity contribution in [2.24, 2.45) is 11.8 Å². The minimum absolute atomic E-state index is 0. The molecule has 3 fully saturated rings. The van der Waals surface area contributed by atoms with Crippen LogP contribution >= 0.6 is 11.6 Å². The van der Waals surface area contributed by atoms with Crippen LogP contribution in [0.3, 0.4) is 0 Å². The number of likely N-dealkylation sites (tertiary alicyclic amines) is 3. The van der Waals surface area contributed by atoms with Crippen molar-refractivity contribution in [1.29, 1.82) is 0 Å². The van der Waals surface area contributed by atoms with Crippen LogP contribution in [-0.2, 0) is 17.9 Å². The monoisotopic (exact) mass is 767 g/mol. The smallest absolute Gasteiger partial charge is 0.410 e. The molecule has 1 amide bonds. The van der Waals surface area contributed by atoms with Crippen molar-refractivity contribution < 1.29 is 24.5 Å². The number of para-hydroxylation sites is 1. The lowest BCUT2D eigenvalue weighted by atomic mass is 9.92. The lowest BCUT2D eigenvalue weighted by molar-refractivity contribution is 0.0159. The second-order valence-corrected chi connectivity index (χ2v) is 17.1. The van der Waals surface area contributed by atoms with Crippen molar-refractivity contribution in [2.45, 2.75) is 117 Å². The summed E-state index contributed by atoms with van der Waals surface area (Å²) in [5.74, 6) is 3.81. The number of nitrogens with zero attached hydrogens (tertiary/aromatic N) is 5. The molecule has 300 valence electrons. The molecule has 0 aliphatic carbocycles. The summed E-state index contributed by atoms with van der Waals surface area (Å²) in [5, 5.41) is 0.693. The van der Waals surface area contributed by atoms with Crippen LogP contribution in [0.25, 0.3) is 11.0 Å². The SMILES string of the molecule is CC(C)(C)OC(=O)N1CCCC(CCCOc2cccc3nc(COc4ccc(Cl)cc4)n(CCCC4CCN(CCCN5CCCCC5)CC4)c23)C1.O. The maximum atomic E-state index is 12.7. The van der Waals surface area contributed by atoms with E-state index in [1.165, 1.54) is 84.2 Å². The van der Waals surface area contributed by atoms with Gasteiger partial charge < -0.3 is 39.0 Å². The number of ether oxygens (including phenoxy) is 3. The normalized spacial score (nSPS) is 19.1. The summed E-state index contributed by atoms with van der Waals surface area (Å²) in [6.07, 6.45) is 14.3. The number of hydrogen-bond acceptors (Lipinski definition) is 7. The maximum Gasteiger partial charge on any atom is 0.410 e. The molecule has 3 saturated heterocycles. The number of carbonyl (C=O) groups is 1. The van der Waals surface area contributed by atoms with Crippen molar-refractivity contribution >= 4 is 28.7 Å². The third-order valence-corrected chi connectivity index (χ3v) is 11.5. The third-order valence-electron chi connectivity index (χ3n) is 11.3. The van der Waals surface area contributed by atoms with E-state index in [1.54, 1.807) is 0 Å². The Morgan fingerprint density at radius 2 is 1.52 bits per heavy atom. The summed E-state index contributed by atoms with van der Waals surface area (Å²) in [4.78, 5) is 25.0. The second kappa shape index (κ2) is 20.7. The number of benzene rings is 2. The zero-order valence-electron chi connectivity index (χ0n) is 33.2. The van der Waals surface area contributed by atoms with E-state index in [1.807, 2.05) is 56.0 Å². The van der Waals surface area contributed by atoms with Gasteiger partial charge in [-0.15, -0.1) is 0 Å². The maximum absolute atomic E-state index is 12.7. The fourth-order valence-electron chi connectivity index (χ4n) is 8.43. The lowest BCUT2D eigenvalue weighted by Gasteiger charge is -2.34. The molecular formula is C43H66ClN5O5. The van der Waals surface area contributed by atoms with E-state index in [0.29, 0.717) is 24.2 Å². The molecule has 54 heavy (non-hydrogen) atoms. The summed E-state index contributed by atoms with van der Waals surface area (Å²) in [5.41, 5.74) is 1.52. The standard InChI is InChI=1S/C43H64ClN5O4.H2O/c1-43(2,3)53-42(50)48-27-8-13-35(32-48)14-10-31-51-39-16-7-15-38-41(39)49(40(45-38)33-52-37-19-17-36(44)18-20-37)28-9-12-34-21-29-47(30-22-34)26-11-25-46-23-5-4-6-24-46;/h7,15-20,34-35H,4-6,8-14,21-33H2,1-3H3;1H2. The number of amides is 1. The van der Waals surface area contributed by atoms with Gasteiger partial charge in [0.15, 0.2) is 0 Å². The van der Waals surface area contributed by atoms with Gasteiger partial charge >= 0.3 is 6.09 Å². The Morgan fingerprint density at radius 3 is 2.26 bits per heavy atom. The minimum Gasteiger partial charge on any atom is -0.491 e. The van der Waals surface area contributed by atoms with E-state index in [2.05, 4.69) is 26.5 Å². The molecule has 2 N–H and O–H groups in total. The van der Waals surface area contributed by atoms with Crippen LogP contribution in [0.1, 0.15) is 104 Å². The molecule has 11 heteroatoms. The zero-order chi connectivity index (χ0) is 37.0. The van der Waals surface area contributed by atoms with Crippen molar-refractivity contribution in [1.82, 2.24) is 24.3 Å². The van der Waals surface area contributed by atoms with Gasteiger partial charge in [-0.1, -0.05) is 24.1 Å². The summed E-state index contributed by atoms with van der Waals surface area (Å²) < 4.78 is 20.7. The minimum atomic E-state index is -0.475. The van der Waals surface area contributed by atoms with Gasteiger partial charge in [-0.05, 0) is 179 Å². The van der Waals surface area contributed by atoms with E-state index >= 15 is 0 Å². The number of rotatable bonds is 16. The van der Waals surface area contributed by atoms with Crippen LogP contribution in [-0.4, -0.2) is 100 Å². The van der Waals surface area contributed by atoms with E-state index in [9.17, 15) is 4.79 Å². The van der Waals surface area contributed by atoms with Crippen molar-refractivity contribution in [3.05, 3.63) is 53.3 Å². The molecule has 6 rings (SSSR count). The van der Waals surface area contributed by atoms with Crippen molar-refractivity contribution in [3.63, 3.8) is 0 Å². The molecule has 1 unspecified atom stereocenters. The van der Waals surface area contributed by atoms with Gasteiger partial charge in [0.05, 0.1) is 12.1 Å². The first-order valence-corrected chi connectivity index (χ1v) is 21.0. The first-order valence-electron chi connectivity index (χ1n) is 20.6. The fraction of sp³-hybridized carbons (Fsp3) is 0.674. The highest BCUT2D eigenvalue weighted by Gasteiger charge is 2.28. The zero-order valence-corrected chi connectivity index (χ0v) is 34.0. The van der Waals surface area contributed by atoms with Gasteiger partial charge in [0.2, 0.25) is 0 Å². The molecule has 10 nitrogen and oxygen atoms in total. The quantitative estimate of drug-likeness (QED) is 0.135. The predicted molar refractivity (Wildman–Crippen MR) is 218 cm³/mol. The Labute approximate surface area is 328 Å². The van der Waals surface area contributed by atoms with Crippen LogP contribution in [0.5, 0.6) is 11.5 Å². The van der Waals surface area contributed by atoms with Crippen LogP contribution in [0.15, 0.2) is 42.5 Å². The summed E-state index contributed by atoms with van der Waals surface area (Å²) >= 11 is 6.13. The fourth-order valence-corrected chi connectivity index (χ4v) is 8.56.